The Morgan fingerprint density at radius 3 is 2.79 bits per heavy atom. The summed E-state index contributed by atoms with van der Waals surface area (Å²) < 4.78 is 0. The van der Waals surface area contributed by atoms with Crippen molar-refractivity contribution >= 4 is 6.03 Å². The van der Waals surface area contributed by atoms with Crippen LogP contribution in [0.4, 0.5) is 4.79 Å². The van der Waals surface area contributed by atoms with E-state index in [0.717, 1.165) is 13.1 Å². The smallest absolute Gasteiger partial charge is 0.317 e. The first-order chi connectivity index (χ1) is 6.81. The third-order valence-electron chi connectivity index (χ3n) is 3.04. The van der Waals surface area contributed by atoms with E-state index in [4.69, 9.17) is 0 Å². The molecule has 1 heterocycles. The van der Waals surface area contributed by atoms with Gasteiger partial charge in [0.25, 0.3) is 0 Å². The van der Waals surface area contributed by atoms with Gasteiger partial charge in [-0.3, -0.25) is 0 Å². The second-order valence-corrected chi connectivity index (χ2v) is 4.23. The molecule has 1 saturated heterocycles. The topological polar surface area (TPSA) is 44.4 Å². The standard InChI is InChI=1S/C10H19N3O/c1-11-10(14)13(9-4-5-9)7-8-3-2-6-12-8/h8-9,12H,2-7H2,1H3,(H,11,14). The maximum atomic E-state index is 11.6. The summed E-state index contributed by atoms with van der Waals surface area (Å²) in [5, 5.41) is 6.15. The lowest BCUT2D eigenvalue weighted by Gasteiger charge is -2.25. The van der Waals surface area contributed by atoms with Crippen LogP contribution in [0.25, 0.3) is 0 Å². The molecule has 0 aromatic heterocycles. The normalized spacial score (nSPS) is 26.2. The molecule has 0 bridgehead atoms. The average Bonchev–Trinajstić information content (AvgIpc) is 2.92. The van der Waals surface area contributed by atoms with Gasteiger partial charge in [0.2, 0.25) is 0 Å². The van der Waals surface area contributed by atoms with Gasteiger partial charge in [-0.2, -0.15) is 0 Å². The van der Waals surface area contributed by atoms with Crippen molar-refractivity contribution in [3.05, 3.63) is 0 Å². The van der Waals surface area contributed by atoms with Crippen LogP contribution in [0, 0.1) is 0 Å². The van der Waals surface area contributed by atoms with Crippen molar-refractivity contribution in [1.29, 1.82) is 0 Å². The van der Waals surface area contributed by atoms with E-state index in [1.807, 2.05) is 4.90 Å². The quantitative estimate of drug-likeness (QED) is 0.693. The Kier molecular flexibility index (Phi) is 2.91. The highest BCUT2D eigenvalue weighted by atomic mass is 16.2. The zero-order chi connectivity index (χ0) is 9.97. The first-order valence-electron chi connectivity index (χ1n) is 5.53. The molecular formula is C10H19N3O. The molecule has 1 saturated carbocycles. The van der Waals surface area contributed by atoms with Gasteiger partial charge in [-0.05, 0) is 32.2 Å². The van der Waals surface area contributed by atoms with Crippen molar-refractivity contribution < 1.29 is 4.79 Å². The summed E-state index contributed by atoms with van der Waals surface area (Å²) in [6, 6.07) is 1.12. The molecule has 0 spiro atoms. The largest absolute Gasteiger partial charge is 0.341 e. The minimum Gasteiger partial charge on any atom is -0.341 e. The summed E-state index contributed by atoms with van der Waals surface area (Å²) in [6.07, 6.45) is 4.82. The zero-order valence-corrected chi connectivity index (χ0v) is 8.75. The fourth-order valence-corrected chi connectivity index (χ4v) is 2.08. The third kappa shape index (κ3) is 2.18. The average molecular weight is 197 g/mol. The van der Waals surface area contributed by atoms with Crippen LogP contribution in [0.3, 0.4) is 0 Å². The van der Waals surface area contributed by atoms with Gasteiger partial charge in [-0.1, -0.05) is 0 Å². The molecule has 1 atom stereocenters. The number of urea groups is 1. The minimum absolute atomic E-state index is 0.0844. The molecule has 2 fully saturated rings. The van der Waals surface area contributed by atoms with Gasteiger partial charge in [0.05, 0.1) is 0 Å². The zero-order valence-electron chi connectivity index (χ0n) is 8.75. The highest BCUT2D eigenvalue weighted by molar-refractivity contribution is 5.74. The molecule has 0 aromatic rings. The second kappa shape index (κ2) is 4.17. The van der Waals surface area contributed by atoms with E-state index in [9.17, 15) is 4.79 Å². The molecule has 2 rings (SSSR count). The summed E-state index contributed by atoms with van der Waals surface area (Å²) in [4.78, 5) is 13.6. The van der Waals surface area contributed by atoms with Crippen LogP contribution in [-0.2, 0) is 0 Å². The van der Waals surface area contributed by atoms with Gasteiger partial charge in [0.15, 0.2) is 0 Å². The molecular weight excluding hydrogens is 178 g/mol. The summed E-state index contributed by atoms with van der Waals surface area (Å²) in [5.74, 6) is 0. The number of hydrogen-bond donors (Lipinski definition) is 2. The Balaban J connectivity index is 1.86. The van der Waals surface area contributed by atoms with E-state index in [1.165, 1.54) is 25.7 Å². The molecule has 1 aliphatic heterocycles. The number of carbonyl (C=O) groups is 1. The predicted octanol–water partition coefficient (Wildman–Crippen LogP) is 0.542. The Bertz CT molecular complexity index is 209. The van der Waals surface area contributed by atoms with Crippen molar-refractivity contribution in [3.8, 4) is 0 Å². The maximum absolute atomic E-state index is 11.6. The van der Waals surface area contributed by atoms with Crippen LogP contribution in [0.1, 0.15) is 25.7 Å². The van der Waals surface area contributed by atoms with E-state index in [0.29, 0.717) is 12.1 Å². The van der Waals surface area contributed by atoms with E-state index in [-0.39, 0.29) is 6.03 Å². The highest BCUT2D eigenvalue weighted by Crippen LogP contribution is 2.27. The minimum atomic E-state index is 0.0844. The van der Waals surface area contributed by atoms with Gasteiger partial charge >= 0.3 is 6.03 Å². The van der Waals surface area contributed by atoms with Crippen LogP contribution in [0.5, 0.6) is 0 Å². The molecule has 2 aliphatic rings. The van der Waals surface area contributed by atoms with Crippen molar-refractivity contribution in [2.75, 3.05) is 20.1 Å². The molecule has 80 valence electrons. The summed E-state index contributed by atoms with van der Waals surface area (Å²) >= 11 is 0. The number of nitrogens with one attached hydrogen (secondary N) is 2. The first kappa shape index (κ1) is 9.77. The van der Waals surface area contributed by atoms with Crippen molar-refractivity contribution in [2.45, 2.75) is 37.8 Å². The van der Waals surface area contributed by atoms with Gasteiger partial charge in [0.1, 0.15) is 0 Å². The fraction of sp³-hybridized carbons (Fsp3) is 0.900. The molecule has 14 heavy (non-hydrogen) atoms. The lowest BCUT2D eigenvalue weighted by Crippen LogP contribution is -2.46. The van der Waals surface area contributed by atoms with Crippen LogP contribution >= 0.6 is 0 Å². The molecule has 2 amide bonds. The van der Waals surface area contributed by atoms with E-state index in [1.54, 1.807) is 7.05 Å². The van der Waals surface area contributed by atoms with Crippen LogP contribution in [-0.4, -0.2) is 43.2 Å². The SMILES string of the molecule is CNC(=O)N(CC1CCCN1)C1CC1. The monoisotopic (exact) mass is 197 g/mol. The van der Waals surface area contributed by atoms with Crippen molar-refractivity contribution in [3.63, 3.8) is 0 Å². The Labute approximate surface area is 85.0 Å². The van der Waals surface area contributed by atoms with Gasteiger partial charge in [-0.25, -0.2) is 4.79 Å². The second-order valence-electron chi connectivity index (χ2n) is 4.23. The maximum Gasteiger partial charge on any atom is 0.317 e. The molecule has 0 radical (unpaired) electrons. The lowest BCUT2D eigenvalue weighted by atomic mass is 10.2. The summed E-state index contributed by atoms with van der Waals surface area (Å²) in [5.41, 5.74) is 0. The molecule has 4 nitrogen and oxygen atoms in total. The van der Waals surface area contributed by atoms with E-state index >= 15 is 0 Å². The van der Waals surface area contributed by atoms with Gasteiger partial charge in [-0.15, -0.1) is 0 Å². The molecule has 0 aromatic carbocycles. The van der Waals surface area contributed by atoms with Crippen molar-refractivity contribution in [2.24, 2.45) is 0 Å². The Morgan fingerprint density at radius 1 is 1.50 bits per heavy atom. The summed E-state index contributed by atoms with van der Waals surface area (Å²) in [6.45, 7) is 1.99. The third-order valence-corrected chi connectivity index (χ3v) is 3.04. The molecule has 2 N–H and O–H groups in total. The fourth-order valence-electron chi connectivity index (χ4n) is 2.08. The van der Waals surface area contributed by atoms with Crippen molar-refractivity contribution in [1.82, 2.24) is 15.5 Å². The first-order valence-corrected chi connectivity index (χ1v) is 5.53. The van der Waals surface area contributed by atoms with Gasteiger partial charge < -0.3 is 15.5 Å². The van der Waals surface area contributed by atoms with Crippen LogP contribution in [0.15, 0.2) is 0 Å². The lowest BCUT2D eigenvalue weighted by molar-refractivity contribution is 0.191. The molecule has 4 heteroatoms. The molecule has 1 unspecified atom stereocenters. The number of nitrogens with zero attached hydrogens (tertiary/aromatic N) is 1. The van der Waals surface area contributed by atoms with E-state index in [2.05, 4.69) is 10.6 Å². The van der Waals surface area contributed by atoms with Crippen LogP contribution < -0.4 is 10.6 Å². The molecule has 1 aliphatic carbocycles. The number of amides is 2. The Hall–Kier alpha value is -0.770. The summed E-state index contributed by atoms with van der Waals surface area (Å²) in [7, 11) is 1.71. The number of carbonyl (C=O) groups excluding carboxylic acids is 1. The van der Waals surface area contributed by atoms with E-state index < -0.39 is 0 Å². The van der Waals surface area contributed by atoms with Crippen LogP contribution in [0.2, 0.25) is 0 Å². The Morgan fingerprint density at radius 2 is 2.29 bits per heavy atom. The highest BCUT2D eigenvalue weighted by Gasteiger charge is 2.33. The van der Waals surface area contributed by atoms with Gasteiger partial charge in [0, 0.05) is 25.7 Å². The predicted molar refractivity (Wildman–Crippen MR) is 55.2 cm³/mol. The number of hydrogen-bond acceptors (Lipinski definition) is 2. The number of rotatable bonds is 3.